The SMILES string of the molecule is CC(C)c1cccc(C(C)C)c1B1c2c(nc(-c3cc(C(C)(C)C)cc(C(C)(C)C)c3O)n2-c2ccc(C(C)(C)C)cc2-c2ccccc2)C(c2[c-]c(-c3cc(-c4ccccc4)ccn3)cc(C(C)(C)C)c2)=C2C=CC=CN12.[Pt]. The van der Waals surface area contributed by atoms with E-state index in [0.29, 0.717) is 11.4 Å². The van der Waals surface area contributed by atoms with Crippen LogP contribution in [-0.2, 0) is 42.7 Å². The molecule has 0 saturated heterocycles. The maximum absolute atomic E-state index is 13.2. The summed E-state index contributed by atoms with van der Waals surface area (Å²) < 4.78 is 2.45. The number of pyridine rings is 1. The minimum Gasteiger partial charge on any atom is -0.507 e. The van der Waals surface area contributed by atoms with Gasteiger partial charge in [-0.25, -0.2) is 4.98 Å². The second-order valence-electron chi connectivity index (χ2n) is 26.4. The molecule has 0 saturated carbocycles. The van der Waals surface area contributed by atoms with Gasteiger partial charge in [0.05, 0.1) is 16.9 Å². The monoisotopic (exact) mass is 1220 g/mol. The van der Waals surface area contributed by atoms with Crippen LogP contribution in [-0.4, -0.2) is 31.3 Å². The average Bonchev–Trinajstić information content (AvgIpc) is 3.84. The number of allylic oxidation sites excluding steroid dienone is 3. The van der Waals surface area contributed by atoms with Gasteiger partial charge in [0.1, 0.15) is 11.6 Å². The van der Waals surface area contributed by atoms with Gasteiger partial charge in [0.2, 0.25) is 0 Å². The van der Waals surface area contributed by atoms with Gasteiger partial charge in [-0.15, -0.1) is 29.3 Å². The van der Waals surface area contributed by atoms with Crippen molar-refractivity contribution >= 4 is 23.5 Å². The minimum atomic E-state index is -0.389. The molecule has 0 fully saturated rings. The van der Waals surface area contributed by atoms with Gasteiger partial charge in [0.15, 0.2) is 0 Å². The fourth-order valence-corrected chi connectivity index (χ4v) is 11.4. The average molecular weight is 1220 g/mol. The van der Waals surface area contributed by atoms with Gasteiger partial charge in [-0.05, 0) is 126 Å². The normalized spacial score (nSPS) is 13.8. The molecule has 2 aliphatic heterocycles. The van der Waals surface area contributed by atoms with E-state index in [1.165, 1.54) is 22.2 Å². The Kier molecular flexibility index (Phi) is 15.4. The Balaban J connectivity index is 0.00000757. The molecule has 79 heavy (non-hydrogen) atoms. The molecule has 0 unspecified atom stereocenters. The summed E-state index contributed by atoms with van der Waals surface area (Å²) >= 11 is 0. The van der Waals surface area contributed by atoms with Gasteiger partial charge in [0, 0.05) is 55.4 Å². The first kappa shape index (κ1) is 57.0. The minimum absolute atomic E-state index is 0. The van der Waals surface area contributed by atoms with Crippen LogP contribution < -0.4 is 11.1 Å². The molecule has 0 bridgehead atoms. The Morgan fingerprint density at radius 1 is 0.557 bits per heavy atom. The van der Waals surface area contributed by atoms with E-state index in [1.807, 2.05) is 6.20 Å². The Morgan fingerprint density at radius 2 is 1.14 bits per heavy atom. The largest absolute Gasteiger partial charge is 0.507 e. The van der Waals surface area contributed by atoms with E-state index in [-0.39, 0.29) is 67.2 Å². The summed E-state index contributed by atoms with van der Waals surface area (Å²) in [6.07, 6.45) is 10.8. The van der Waals surface area contributed by atoms with Gasteiger partial charge >= 0.3 is 6.85 Å². The van der Waals surface area contributed by atoms with Crippen molar-refractivity contribution in [2.75, 3.05) is 0 Å². The number of aromatic hydroxyl groups is 1. The predicted octanol–water partition coefficient (Wildman–Crippen LogP) is 17.1. The molecule has 6 aromatic carbocycles. The summed E-state index contributed by atoms with van der Waals surface area (Å²) in [4.78, 5) is 13.7. The Bertz CT molecular complexity index is 3660. The van der Waals surface area contributed by atoms with Crippen molar-refractivity contribution in [2.24, 2.45) is 0 Å². The zero-order valence-electron chi connectivity index (χ0n) is 49.4. The van der Waals surface area contributed by atoms with E-state index < -0.39 is 0 Å². The summed E-state index contributed by atoms with van der Waals surface area (Å²) in [5.74, 6) is 1.35. The van der Waals surface area contributed by atoms with Gasteiger partial charge in [-0.1, -0.05) is 219 Å². The van der Waals surface area contributed by atoms with Gasteiger partial charge in [-0.3, -0.25) is 4.98 Å². The van der Waals surface area contributed by atoms with Crippen LogP contribution in [0.25, 0.3) is 56.2 Å². The molecule has 2 aromatic heterocycles. The molecule has 8 aromatic rings. The van der Waals surface area contributed by atoms with Gasteiger partial charge in [0.25, 0.3) is 0 Å². The first-order valence-corrected chi connectivity index (χ1v) is 28.1. The zero-order valence-corrected chi connectivity index (χ0v) is 51.6. The standard InChI is InChI=1S/C72H78BN4O.Pt/c1-45(2)55-30-25-31-56(46(3)4)64(55)73-67-65(63(62-32-23-24-37-76(62)73)51-38-50(39-53(40-51)70(8,9)10)60-41-49(35-36-74-60)47-26-19-17-20-27-47)75-68(58-43-54(71(11,12)13)44-59(66(58)78)72(14,15)16)77(67)61-34-33-52(69(5,6)7)42-57(61)48-28-21-18-22-29-48;/h17-37,39-46,78H,1-16H3;/q-1;. The fourth-order valence-electron chi connectivity index (χ4n) is 11.4. The van der Waals surface area contributed by atoms with Crippen molar-refractivity contribution in [1.82, 2.24) is 19.3 Å². The third kappa shape index (κ3) is 10.9. The number of fused-ring (bicyclic) bond motifs is 2. The number of hydrogen-bond acceptors (Lipinski definition) is 4. The van der Waals surface area contributed by atoms with Gasteiger partial charge < -0.3 is 14.5 Å². The molecule has 4 heterocycles. The van der Waals surface area contributed by atoms with Crippen LogP contribution >= 0.6 is 0 Å². The summed E-state index contributed by atoms with van der Waals surface area (Å²) in [6.45, 7) is 36.0. The molecule has 0 atom stereocenters. The number of benzene rings is 6. The Morgan fingerprint density at radius 3 is 1.73 bits per heavy atom. The fraction of sp³-hybridized carbons (Fsp3) is 0.306. The molecule has 0 aliphatic carbocycles. The van der Waals surface area contributed by atoms with Gasteiger partial charge in [-0.2, -0.15) is 0 Å². The number of imidazole rings is 1. The molecule has 5 nitrogen and oxygen atoms in total. The van der Waals surface area contributed by atoms with E-state index in [9.17, 15) is 5.11 Å². The number of aromatic nitrogens is 3. The maximum Gasteiger partial charge on any atom is 0.347 e. The van der Waals surface area contributed by atoms with Crippen LogP contribution in [0.5, 0.6) is 5.75 Å². The molecule has 7 heteroatoms. The molecule has 406 valence electrons. The van der Waals surface area contributed by atoms with E-state index in [1.54, 1.807) is 0 Å². The first-order valence-electron chi connectivity index (χ1n) is 28.1. The van der Waals surface area contributed by atoms with E-state index in [0.717, 1.165) is 84.0 Å². The third-order valence-corrected chi connectivity index (χ3v) is 15.9. The van der Waals surface area contributed by atoms with Crippen LogP contribution in [0.2, 0.25) is 0 Å². The van der Waals surface area contributed by atoms with Crippen molar-refractivity contribution in [1.29, 1.82) is 0 Å². The molecule has 10 rings (SSSR count). The van der Waals surface area contributed by atoms with Crippen molar-refractivity contribution in [2.45, 2.75) is 144 Å². The number of phenols is 1. The van der Waals surface area contributed by atoms with Crippen molar-refractivity contribution < 1.29 is 26.2 Å². The topological polar surface area (TPSA) is 54.2 Å². The smallest absolute Gasteiger partial charge is 0.347 e. The molecule has 1 N–H and O–H groups in total. The van der Waals surface area contributed by atoms with Crippen molar-refractivity contribution in [3.8, 4) is 56.3 Å². The van der Waals surface area contributed by atoms with Crippen LogP contribution in [0.4, 0.5) is 0 Å². The number of phenolic OH excluding ortho intramolecular Hbond substituents is 1. The molecule has 2 aliphatic rings. The van der Waals surface area contributed by atoms with Crippen LogP contribution in [0, 0.1) is 6.07 Å². The second kappa shape index (κ2) is 21.4. The van der Waals surface area contributed by atoms with Crippen molar-refractivity contribution in [3.63, 3.8) is 0 Å². The molecular formula is C72H78BN4OPt-. The Labute approximate surface area is 487 Å². The molecule has 0 amide bonds. The van der Waals surface area contributed by atoms with E-state index >= 15 is 0 Å². The number of rotatable bonds is 9. The van der Waals surface area contributed by atoms with Crippen molar-refractivity contribution in [3.05, 3.63) is 220 Å². The number of nitrogens with zero attached hydrogens (tertiary/aromatic N) is 4. The third-order valence-electron chi connectivity index (χ3n) is 15.9. The van der Waals surface area contributed by atoms with E-state index in [4.69, 9.17) is 9.97 Å². The predicted molar refractivity (Wildman–Crippen MR) is 331 cm³/mol. The maximum atomic E-state index is 13.2. The molecular weight excluding hydrogens is 1140 g/mol. The summed E-state index contributed by atoms with van der Waals surface area (Å²) in [5, 5.41) is 13.2. The number of hydrogen-bond donors (Lipinski definition) is 1. The summed E-state index contributed by atoms with van der Waals surface area (Å²) in [7, 11) is 0. The summed E-state index contributed by atoms with van der Waals surface area (Å²) in [6, 6.07) is 52.6. The quantitative estimate of drug-likeness (QED) is 0.116. The Hall–Kier alpha value is -6.75. The molecule has 0 spiro atoms. The molecule has 0 radical (unpaired) electrons. The van der Waals surface area contributed by atoms with Crippen LogP contribution in [0.3, 0.4) is 0 Å². The second-order valence-corrected chi connectivity index (χ2v) is 26.4. The van der Waals surface area contributed by atoms with E-state index in [2.05, 4.69) is 284 Å². The van der Waals surface area contributed by atoms with Crippen LogP contribution in [0.15, 0.2) is 170 Å². The first-order chi connectivity index (χ1) is 36.8. The summed E-state index contributed by atoms with van der Waals surface area (Å²) in [5.41, 5.74) is 19.9. The zero-order chi connectivity index (χ0) is 55.8. The van der Waals surface area contributed by atoms with Crippen LogP contribution in [0.1, 0.15) is 167 Å².